The topological polar surface area (TPSA) is 58.6 Å². The maximum absolute atomic E-state index is 12.5. The molecule has 21 heavy (non-hydrogen) atoms. The molecule has 1 fully saturated rings. The molecule has 0 spiro atoms. The maximum Gasteiger partial charge on any atom is 0.340 e. The summed E-state index contributed by atoms with van der Waals surface area (Å²) in [5.74, 6) is -0.474. The fourth-order valence-electron chi connectivity index (χ4n) is 2.44. The lowest BCUT2D eigenvalue weighted by molar-refractivity contribution is -0.121. The number of aryl methyl sites for hydroxylation is 1. The molecule has 2 rings (SSSR count). The predicted molar refractivity (Wildman–Crippen MR) is 81.4 cm³/mol. The molecule has 1 aromatic carbocycles. The first-order chi connectivity index (χ1) is 9.92. The Morgan fingerprint density at radius 3 is 2.52 bits per heavy atom. The third-order valence-corrected chi connectivity index (χ3v) is 4.01. The molecule has 1 aliphatic carbocycles. The van der Waals surface area contributed by atoms with Gasteiger partial charge >= 0.3 is 5.97 Å². The SMILES string of the molecule is CCOC(=O)c1cccc(C)c1NC(=O)C1(N(C)C)CC1. The van der Waals surface area contributed by atoms with Gasteiger partial charge in [0.05, 0.1) is 17.9 Å². The van der Waals surface area contributed by atoms with E-state index in [1.54, 1.807) is 19.1 Å². The van der Waals surface area contributed by atoms with Crippen LogP contribution in [0.15, 0.2) is 18.2 Å². The zero-order chi connectivity index (χ0) is 15.6. The Hall–Kier alpha value is -1.88. The van der Waals surface area contributed by atoms with Crippen LogP contribution in [0.25, 0.3) is 0 Å². The van der Waals surface area contributed by atoms with Gasteiger partial charge in [-0.2, -0.15) is 0 Å². The van der Waals surface area contributed by atoms with Gasteiger partial charge in [-0.05, 0) is 52.4 Å². The van der Waals surface area contributed by atoms with Crippen molar-refractivity contribution in [2.75, 3.05) is 26.0 Å². The van der Waals surface area contributed by atoms with Crippen molar-refractivity contribution in [3.8, 4) is 0 Å². The first kappa shape index (κ1) is 15.5. The molecule has 1 aromatic rings. The number of carbonyl (C=O) groups is 2. The number of rotatable bonds is 5. The Balaban J connectivity index is 2.27. The van der Waals surface area contributed by atoms with Crippen molar-refractivity contribution >= 4 is 17.6 Å². The number of likely N-dealkylation sites (N-methyl/N-ethyl adjacent to an activating group) is 1. The summed E-state index contributed by atoms with van der Waals surface area (Å²) in [7, 11) is 3.80. The molecule has 0 atom stereocenters. The summed E-state index contributed by atoms with van der Waals surface area (Å²) in [5, 5.41) is 2.92. The van der Waals surface area contributed by atoms with Gasteiger partial charge in [-0.15, -0.1) is 0 Å². The third-order valence-electron chi connectivity index (χ3n) is 4.01. The van der Waals surface area contributed by atoms with Gasteiger partial charge in [0.15, 0.2) is 0 Å². The summed E-state index contributed by atoms with van der Waals surface area (Å²) in [4.78, 5) is 26.5. The summed E-state index contributed by atoms with van der Waals surface area (Å²) in [6, 6.07) is 5.33. The second-order valence-electron chi connectivity index (χ2n) is 5.60. The summed E-state index contributed by atoms with van der Waals surface area (Å²) >= 11 is 0. The van der Waals surface area contributed by atoms with E-state index in [-0.39, 0.29) is 5.91 Å². The van der Waals surface area contributed by atoms with Gasteiger partial charge in [-0.3, -0.25) is 9.69 Å². The number of amides is 1. The van der Waals surface area contributed by atoms with E-state index in [9.17, 15) is 9.59 Å². The van der Waals surface area contributed by atoms with E-state index in [1.165, 1.54) is 0 Å². The zero-order valence-electron chi connectivity index (χ0n) is 13.0. The van der Waals surface area contributed by atoms with Crippen LogP contribution in [0.2, 0.25) is 0 Å². The summed E-state index contributed by atoms with van der Waals surface area (Å²) in [6.45, 7) is 3.94. The molecule has 0 aromatic heterocycles. The van der Waals surface area contributed by atoms with Gasteiger partial charge in [0.25, 0.3) is 0 Å². The summed E-state index contributed by atoms with van der Waals surface area (Å²) in [5.41, 5.74) is 1.37. The molecule has 0 aliphatic heterocycles. The van der Waals surface area contributed by atoms with Crippen LogP contribution in [0.1, 0.15) is 35.7 Å². The van der Waals surface area contributed by atoms with Crippen LogP contribution < -0.4 is 5.32 Å². The molecule has 0 saturated heterocycles. The van der Waals surface area contributed by atoms with Crippen molar-refractivity contribution in [3.63, 3.8) is 0 Å². The Bertz CT molecular complexity index is 563. The molecule has 0 bridgehead atoms. The van der Waals surface area contributed by atoms with E-state index in [1.807, 2.05) is 32.0 Å². The number of anilines is 1. The van der Waals surface area contributed by atoms with Crippen LogP contribution in [0, 0.1) is 6.92 Å². The van der Waals surface area contributed by atoms with Gasteiger partial charge in [0.2, 0.25) is 5.91 Å². The number of carbonyl (C=O) groups excluding carboxylic acids is 2. The van der Waals surface area contributed by atoms with E-state index in [4.69, 9.17) is 4.74 Å². The molecular formula is C16H22N2O3. The number of nitrogens with zero attached hydrogens (tertiary/aromatic N) is 1. The minimum Gasteiger partial charge on any atom is -0.462 e. The highest BCUT2D eigenvalue weighted by Crippen LogP contribution is 2.41. The predicted octanol–water partition coefficient (Wildman–Crippen LogP) is 2.20. The van der Waals surface area contributed by atoms with E-state index in [0.717, 1.165) is 18.4 Å². The lowest BCUT2D eigenvalue weighted by Gasteiger charge is -2.23. The van der Waals surface area contributed by atoms with Crippen molar-refractivity contribution in [2.45, 2.75) is 32.2 Å². The highest BCUT2D eigenvalue weighted by Gasteiger charge is 2.52. The number of hydrogen-bond acceptors (Lipinski definition) is 4. The fraction of sp³-hybridized carbons (Fsp3) is 0.500. The van der Waals surface area contributed by atoms with E-state index >= 15 is 0 Å². The van der Waals surface area contributed by atoms with Crippen molar-refractivity contribution in [2.24, 2.45) is 0 Å². The van der Waals surface area contributed by atoms with Crippen LogP contribution in [0.4, 0.5) is 5.69 Å². The number of hydrogen-bond donors (Lipinski definition) is 1. The van der Waals surface area contributed by atoms with E-state index in [0.29, 0.717) is 17.9 Å². The van der Waals surface area contributed by atoms with Crippen molar-refractivity contribution in [3.05, 3.63) is 29.3 Å². The monoisotopic (exact) mass is 290 g/mol. The highest BCUT2D eigenvalue weighted by atomic mass is 16.5. The molecule has 0 radical (unpaired) electrons. The van der Waals surface area contributed by atoms with Crippen molar-refractivity contribution in [1.82, 2.24) is 4.90 Å². The largest absolute Gasteiger partial charge is 0.462 e. The van der Waals surface area contributed by atoms with Crippen molar-refractivity contribution in [1.29, 1.82) is 0 Å². The minimum atomic E-state index is -0.436. The molecule has 0 heterocycles. The molecule has 5 nitrogen and oxygen atoms in total. The second kappa shape index (κ2) is 5.85. The van der Waals surface area contributed by atoms with Gasteiger partial charge in [-0.25, -0.2) is 4.79 Å². The normalized spacial score (nSPS) is 15.7. The first-order valence-electron chi connectivity index (χ1n) is 7.18. The van der Waals surface area contributed by atoms with E-state index in [2.05, 4.69) is 5.32 Å². The summed E-state index contributed by atoms with van der Waals surface area (Å²) < 4.78 is 5.05. The number of ether oxygens (including phenoxy) is 1. The quantitative estimate of drug-likeness (QED) is 0.845. The first-order valence-corrected chi connectivity index (χ1v) is 7.18. The van der Waals surface area contributed by atoms with Crippen LogP contribution in [-0.4, -0.2) is 43.0 Å². The lowest BCUT2D eigenvalue weighted by Crippen LogP contribution is -2.42. The lowest BCUT2D eigenvalue weighted by atomic mass is 10.1. The van der Waals surface area contributed by atoms with E-state index < -0.39 is 11.5 Å². The van der Waals surface area contributed by atoms with Crippen LogP contribution in [-0.2, 0) is 9.53 Å². The van der Waals surface area contributed by atoms with Crippen molar-refractivity contribution < 1.29 is 14.3 Å². The number of esters is 1. The zero-order valence-corrected chi connectivity index (χ0v) is 13.0. The third kappa shape index (κ3) is 2.93. The molecule has 5 heteroatoms. The molecular weight excluding hydrogens is 268 g/mol. The Kier molecular flexibility index (Phi) is 4.32. The molecule has 1 N–H and O–H groups in total. The molecule has 1 aliphatic rings. The van der Waals surface area contributed by atoms with Gasteiger partial charge in [-0.1, -0.05) is 12.1 Å². The average Bonchev–Trinajstić information content (AvgIpc) is 3.22. The molecule has 1 amide bonds. The number of para-hydroxylation sites is 1. The van der Waals surface area contributed by atoms with Gasteiger partial charge < -0.3 is 10.1 Å². The molecule has 114 valence electrons. The maximum atomic E-state index is 12.5. The van der Waals surface area contributed by atoms with Gasteiger partial charge in [0, 0.05) is 0 Å². The second-order valence-corrected chi connectivity index (χ2v) is 5.60. The smallest absolute Gasteiger partial charge is 0.340 e. The molecule has 0 unspecified atom stereocenters. The number of benzene rings is 1. The van der Waals surface area contributed by atoms with Gasteiger partial charge in [0.1, 0.15) is 5.54 Å². The standard InChI is InChI=1S/C16H22N2O3/c1-5-21-14(19)12-8-6-7-11(2)13(12)17-15(20)16(9-10-16)18(3)4/h6-8H,5,9-10H2,1-4H3,(H,17,20). The average molecular weight is 290 g/mol. The Labute approximate surface area is 125 Å². The number of nitrogens with one attached hydrogen (secondary N) is 1. The summed E-state index contributed by atoms with van der Waals surface area (Å²) in [6.07, 6.45) is 1.68. The minimum absolute atomic E-state index is 0.0626. The Morgan fingerprint density at radius 1 is 1.33 bits per heavy atom. The highest BCUT2D eigenvalue weighted by molar-refractivity contribution is 6.06. The van der Waals surface area contributed by atoms with Crippen LogP contribution in [0.3, 0.4) is 0 Å². The van der Waals surface area contributed by atoms with Crippen LogP contribution in [0.5, 0.6) is 0 Å². The Morgan fingerprint density at radius 2 is 2.00 bits per heavy atom. The fourth-order valence-corrected chi connectivity index (χ4v) is 2.44. The van der Waals surface area contributed by atoms with Crippen LogP contribution >= 0.6 is 0 Å². The molecule has 1 saturated carbocycles.